The number of aromatic nitrogens is 2. The molecule has 278 valence electrons. The molecule has 5 atom stereocenters. The van der Waals surface area contributed by atoms with Gasteiger partial charge in [0.25, 0.3) is 5.91 Å². The number of hydrogen-bond donors (Lipinski definition) is 3. The van der Waals surface area contributed by atoms with Gasteiger partial charge >= 0.3 is 0 Å². The Morgan fingerprint density at radius 1 is 1.06 bits per heavy atom. The van der Waals surface area contributed by atoms with Gasteiger partial charge < -0.3 is 20.3 Å². The van der Waals surface area contributed by atoms with E-state index < -0.39 is 50.8 Å². The number of ether oxygens (including phenoxy) is 1. The first-order chi connectivity index (χ1) is 24.8. The molecule has 3 N–H and O–H groups in total. The van der Waals surface area contributed by atoms with Gasteiger partial charge in [0.05, 0.1) is 33.7 Å². The summed E-state index contributed by atoms with van der Waals surface area (Å²) in [5.41, 5.74) is 0.458. The standard InChI is InChI=1S/C38H48N6O6S2/c1-37(2,3)23-39-29-15-8-6-4-5-7-12-24-21-38(24,36(47)43-52(48,49)26-17-18-26)42-33(45)30-20-25(22-44(30)35(29)46)50-34-32(31-16-11-19-51-31)40-27-13-9-10-14-28(27)41-34/h7,9-14,16,19,24-26,29-30,39H,4-6,8,15,17-18,20-23H2,1-3H3,(H,42,45)(H,43,47)/b12-7-/t24?,25-,29-,30+,38-/m1/s1. The van der Waals surface area contributed by atoms with Crippen molar-refractivity contribution in [1.29, 1.82) is 0 Å². The lowest BCUT2D eigenvalue weighted by molar-refractivity contribution is -0.141. The van der Waals surface area contributed by atoms with E-state index in [4.69, 9.17) is 14.7 Å². The minimum Gasteiger partial charge on any atom is -0.471 e. The van der Waals surface area contributed by atoms with E-state index in [0.29, 0.717) is 42.9 Å². The summed E-state index contributed by atoms with van der Waals surface area (Å²) in [6.45, 7) is 7.05. The smallest absolute Gasteiger partial charge is 0.259 e. The molecule has 1 saturated heterocycles. The Kier molecular flexibility index (Phi) is 10.2. The van der Waals surface area contributed by atoms with Crippen LogP contribution in [-0.2, 0) is 24.4 Å². The number of sulfonamides is 1. The van der Waals surface area contributed by atoms with Crippen LogP contribution in [0.1, 0.15) is 78.6 Å². The highest BCUT2D eigenvalue weighted by Crippen LogP contribution is 2.46. The van der Waals surface area contributed by atoms with Crippen molar-refractivity contribution in [1.82, 2.24) is 30.2 Å². The molecule has 1 unspecified atom stereocenters. The SMILES string of the molecule is CC(C)(C)CN[C@@H]1CCCCC/C=C\C2C[C@@]2(C(=O)NS(=O)(=O)C2CC2)NC(=O)[C@@H]2C[C@@H](Oc3nc4ccccc4nc3-c3cccs3)CN2C1=O. The van der Waals surface area contributed by atoms with E-state index in [9.17, 15) is 22.8 Å². The quantitative estimate of drug-likeness (QED) is 0.277. The summed E-state index contributed by atoms with van der Waals surface area (Å²) < 4.78 is 34.6. The van der Waals surface area contributed by atoms with Crippen LogP contribution in [0.4, 0.5) is 0 Å². The molecule has 4 heterocycles. The summed E-state index contributed by atoms with van der Waals surface area (Å²) in [7, 11) is -3.84. The molecule has 14 heteroatoms. The number of nitrogens with one attached hydrogen (secondary N) is 3. The van der Waals surface area contributed by atoms with E-state index in [1.807, 2.05) is 53.9 Å². The van der Waals surface area contributed by atoms with Crippen LogP contribution in [0, 0.1) is 11.3 Å². The lowest BCUT2D eigenvalue weighted by Gasteiger charge is -2.31. The Hall–Kier alpha value is -3.88. The van der Waals surface area contributed by atoms with Crippen LogP contribution in [0.2, 0.25) is 0 Å². The number of carbonyl (C=O) groups is 3. The van der Waals surface area contributed by atoms with Crippen molar-refractivity contribution >= 4 is 50.1 Å². The molecule has 52 heavy (non-hydrogen) atoms. The predicted molar refractivity (Wildman–Crippen MR) is 200 cm³/mol. The number of rotatable bonds is 8. The maximum atomic E-state index is 14.6. The molecular formula is C38H48N6O6S2. The summed E-state index contributed by atoms with van der Waals surface area (Å²) >= 11 is 1.51. The fourth-order valence-electron chi connectivity index (χ4n) is 7.13. The molecule has 1 aromatic carbocycles. The van der Waals surface area contributed by atoms with Crippen molar-refractivity contribution < 1.29 is 27.5 Å². The van der Waals surface area contributed by atoms with Gasteiger partial charge in [-0.1, -0.05) is 64.0 Å². The van der Waals surface area contributed by atoms with E-state index in [2.05, 4.69) is 36.1 Å². The molecule has 0 radical (unpaired) electrons. The summed E-state index contributed by atoms with van der Waals surface area (Å²) in [6, 6.07) is 9.94. The van der Waals surface area contributed by atoms with E-state index in [-0.39, 0.29) is 36.6 Å². The number of amides is 3. The number of fused-ring (bicyclic) bond motifs is 3. The zero-order valence-corrected chi connectivity index (χ0v) is 31.6. The second-order valence-electron chi connectivity index (χ2n) is 15.8. The first-order valence-corrected chi connectivity index (χ1v) is 20.8. The molecule has 12 nitrogen and oxygen atoms in total. The van der Waals surface area contributed by atoms with E-state index in [1.165, 1.54) is 11.3 Å². The molecule has 3 fully saturated rings. The number of benzene rings is 1. The van der Waals surface area contributed by atoms with E-state index >= 15 is 0 Å². The second kappa shape index (κ2) is 14.5. The lowest BCUT2D eigenvalue weighted by atomic mass is 9.95. The number of allylic oxidation sites excluding steroid dienone is 1. The predicted octanol–water partition coefficient (Wildman–Crippen LogP) is 4.71. The Labute approximate surface area is 309 Å². The van der Waals surface area contributed by atoms with Gasteiger partial charge in [0, 0.05) is 18.9 Å². The Balaban J connectivity index is 1.21. The summed E-state index contributed by atoms with van der Waals surface area (Å²) in [4.78, 5) is 54.9. The number of nitrogens with zero attached hydrogens (tertiary/aromatic N) is 3. The minimum atomic E-state index is -3.84. The van der Waals surface area contributed by atoms with Gasteiger partial charge in [0.2, 0.25) is 27.7 Å². The number of carbonyl (C=O) groups excluding carboxylic acids is 3. The van der Waals surface area contributed by atoms with Crippen molar-refractivity contribution in [2.75, 3.05) is 13.1 Å². The Bertz CT molecular complexity index is 1960. The summed E-state index contributed by atoms with van der Waals surface area (Å²) in [5.74, 6) is -1.49. The molecule has 2 aromatic heterocycles. The van der Waals surface area contributed by atoms with Gasteiger partial charge in [0.1, 0.15) is 23.4 Å². The molecule has 4 aliphatic rings. The van der Waals surface area contributed by atoms with Crippen molar-refractivity contribution in [2.24, 2.45) is 11.3 Å². The highest BCUT2D eigenvalue weighted by atomic mass is 32.2. The van der Waals surface area contributed by atoms with E-state index in [0.717, 1.165) is 36.1 Å². The fraction of sp³-hybridized carbons (Fsp3) is 0.553. The maximum Gasteiger partial charge on any atom is 0.259 e. The molecule has 3 aromatic rings. The zero-order valence-electron chi connectivity index (χ0n) is 30.0. The van der Waals surface area contributed by atoms with Gasteiger partial charge in [-0.15, -0.1) is 11.3 Å². The van der Waals surface area contributed by atoms with Crippen LogP contribution in [-0.4, -0.2) is 83.1 Å². The van der Waals surface area contributed by atoms with Crippen molar-refractivity contribution in [3.63, 3.8) is 0 Å². The molecule has 7 rings (SSSR count). The molecule has 0 spiro atoms. The summed E-state index contributed by atoms with van der Waals surface area (Å²) in [5, 5.41) is 7.83. The maximum absolute atomic E-state index is 14.6. The molecular weight excluding hydrogens is 701 g/mol. The highest BCUT2D eigenvalue weighted by Gasteiger charge is 2.62. The van der Waals surface area contributed by atoms with E-state index in [1.54, 1.807) is 4.90 Å². The van der Waals surface area contributed by atoms with Crippen molar-refractivity contribution in [3.05, 3.63) is 53.9 Å². The molecule has 2 aliphatic carbocycles. The zero-order chi connectivity index (χ0) is 36.7. The Morgan fingerprint density at radius 3 is 2.54 bits per heavy atom. The first kappa shape index (κ1) is 36.5. The van der Waals surface area contributed by atoms with Crippen LogP contribution >= 0.6 is 11.3 Å². The average molecular weight is 749 g/mol. The van der Waals surface area contributed by atoms with Gasteiger partial charge in [-0.25, -0.2) is 18.4 Å². The lowest BCUT2D eigenvalue weighted by Crippen LogP contribution is -2.58. The number of thiophene rings is 1. The number of para-hydroxylation sites is 2. The topological polar surface area (TPSA) is 160 Å². The van der Waals surface area contributed by atoms with Crippen LogP contribution in [0.25, 0.3) is 21.6 Å². The molecule has 3 amide bonds. The Morgan fingerprint density at radius 2 is 1.83 bits per heavy atom. The molecule has 2 saturated carbocycles. The van der Waals surface area contributed by atoms with Crippen LogP contribution in [0.15, 0.2) is 53.9 Å². The van der Waals surface area contributed by atoms with Crippen molar-refractivity contribution in [2.45, 2.75) is 108 Å². The molecule has 2 aliphatic heterocycles. The van der Waals surface area contributed by atoms with Gasteiger partial charge in [-0.2, -0.15) is 0 Å². The first-order valence-electron chi connectivity index (χ1n) is 18.4. The highest BCUT2D eigenvalue weighted by molar-refractivity contribution is 7.91. The van der Waals surface area contributed by atoms with Crippen LogP contribution in [0.5, 0.6) is 5.88 Å². The van der Waals surface area contributed by atoms with Crippen LogP contribution in [0.3, 0.4) is 0 Å². The van der Waals surface area contributed by atoms with Gasteiger partial charge in [-0.3, -0.25) is 19.1 Å². The van der Waals surface area contributed by atoms with Gasteiger partial charge in [-0.05, 0) is 67.5 Å². The summed E-state index contributed by atoms with van der Waals surface area (Å²) in [6.07, 6.45) is 8.83. The molecule has 0 bridgehead atoms. The largest absolute Gasteiger partial charge is 0.471 e. The van der Waals surface area contributed by atoms with Crippen LogP contribution < -0.4 is 20.1 Å². The second-order valence-corrected chi connectivity index (χ2v) is 18.7. The average Bonchev–Trinajstić information content (AvgIpc) is 3.96. The monoisotopic (exact) mass is 748 g/mol. The third-order valence-electron chi connectivity index (χ3n) is 10.3. The normalized spacial score (nSPS) is 27.9. The third kappa shape index (κ3) is 8.03. The number of hydrogen-bond acceptors (Lipinski definition) is 10. The minimum absolute atomic E-state index is 0.0794. The third-order valence-corrected chi connectivity index (χ3v) is 13.0. The van der Waals surface area contributed by atoms with Crippen molar-refractivity contribution in [3.8, 4) is 16.5 Å². The fourth-order valence-corrected chi connectivity index (χ4v) is 9.20. The van der Waals surface area contributed by atoms with Gasteiger partial charge in [0.15, 0.2) is 0 Å².